The number of benzene rings is 1. The Bertz CT molecular complexity index is 356. The third-order valence-corrected chi connectivity index (χ3v) is 2.98. The Hall–Kier alpha value is -0.980. The van der Waals surface area contributed by atoms with Crippen LogP contribution in [0.1, 0.15) is 17.2 Å². The van der Waals surface area contributed by atoms with Crippen molar-refractivity contribution >= 4 is 0 Å². The Morgan fingerprint density at radius 3 is 1.95 bits per heavy atom. The molecule has 0 amide bonds. The first-order valence-corrected chi connectivity index (χ1v) is 7.28. The molecule has 120 valence electrons. The first-order valence-electron chi connectivity index (χ1n) is 7.28. The topological polar surface area (TPSA) is 62.9 Å². The monoisotopic (exact) mass is 297 g/mol. The summed E-state index contributed by atoms with van der Waals surface area (Å²) in [4.78, 5) is 0. The predicted molar refractivity (Wildman–Crippen MR) is 82.4 cm³/mol. The molecule has 1 unspecified atom stereocenters. The Kier molecular flexibility index (Phi) is 10.0. The van der Waals surface area contributed by atoms with Crippen LogP contribution >= 0.6 is 0 Å². The number of aryl methyl sites for hydroxylation is 1. The summed E-state index contributed by atoms with van der Waals surface area (Å²) in [5.74, 6) is 0. The molecule has 21 heavy (non-hydrogen) atoms. The molecule has 0 aliphatic heterocycles. The average molecular weight is 297 g/mol. The molecule has 0 spiro atoms. The number of methoxy groups -OCH3 is 1. The van der Waals surface area contributed by atoms with Crippen molar-refractivity contribution in [2.24, 2.45) is 5.73 Å². The summed E-state index contributed by atoms with van der Waals surface area (Å²) in [6.45, 7) is 6.00. The molecule has 5 heteroatoms. The molecule has 0 aliphatic rings. The fourth-order valence-electron chi connectivity index (χ4n) is 1.70. The SMILES string of the molecule is COCCOCCOCCOCC(N)c1ccc(C)cc1. The van der Waals surface area contributed by atoms with E-state index in [1.165, 1.54) is 5.56 Å². The summed E-state index contributed by atoms with van der Waals surface area (Å²) in [6, 6.07) is 8.10. The van der Waals surface area contributed by atoms with E-state index in [9.17, 15) is 0 Å². The fourth-order valence-corrected chi connectivity index (χ4v) is 1.70. The standard InChI is InChI=1S/C16H27NO4/c1-14-3-5-15(6-4-14)16(17)13-21-12-11-20-10-9-19-8-7-18-2/h3-6,16H,7-13,17H2,1-2H3. The van der Waals surface area contributed by atoms with E-state index in [-0.39, 0.29) is 6.04 Å². The van der Waals surface area contributed by atoms with E-state index >= 15 is 0 Å². The van der Waals surface area contributed by atoms with Gasteiger partial charge in [-0.3, -0.25) is 0 Å². The average Bonchev–Trinajstić information content (AvgIpc) is 2.49. The Labute approximate surface area is 127 Å². The first-order chi connectivity index (χ1) is 10.2. The highest BCUT2D eigenvalue weighted by Crippen LogP contribution is 2.11. The molecule has 0 fully saturated rings. The second-order valence-electron chi connectivity index (χ2n) is 4.81. The maximum atomic E-state index is 6.06. The molecule has 0 bridgehead atoms. The van der Waals surface area contributed by atoms with Gasteiger partial charge in [0.2, 0.25) is 0 Å². The highest BCUT2D eigenvalue weighted by atomic mass is 16.6. The van der Waals surface area contributed by atoms with Crippen LogP contribution in [-0.4, -0.2) is 53.4 Å². The summed E-state index contributed by atoms with van der Waals surface area (Å²) in [6.07, 6.45) is 0. The van der Waals surface area contributed by atoms with Gasteiger partial charge >= 0.3 is 0 Å². The summed E-state index contributed by atoms with van der Waals surface area (Å²) in [5.41, 5.74) is 8.38. The minimum atomic E-state index is -0.0945. The van der Waals surface area contributed by atoms with Crippen LogP contribution in [0.3, 0.4) is 0 Å². The zero-order valence-electron chi connectivity index (χ0n) is 13.0. The molecule has 1 atom stereocenters. The molecule has 0 radical (unpaired) electrons. The molecule has 0 heterocycles. The van der Waals surface area contributed by atoms with Crippen molar-refractivity contribution in [3.63, 3.8) is 0 Å². The van der Waals surface area contributed by atoms with E-state index in [1.54, 1.807) is 7.11 Å². The second kappa shape index (κ2) is 11.7. The van der Waals surface area contributed by atoms with Crippen LogP contribution < -0.4 is 5.73 Å². The fraction of sp³-hybridized carbons (Fsp3) is 0.625. The lowest BCUT2D eigenvalue weighted by Gasteiger charge is -2.13. The number of rotatable bonds is 12. The molecule has 0 saturated heterocycles. The van der Waals surface area contributed by atoms with E-state index in [0.717, 1.165) is 5.56 Å². The van der Waals surface area contributed by atoms with Crippen molar-refractivity contribution in [3.05, 3.63) is 35.4 Å². The number of nitrogens with two attached hydrogens (primary N) is 1. The largest absolute Gasteiger partial charge is 0.382 e. The van der Waals surface area contributed by atoms with Gasteiger partial charge < -0.3 is 24.7 Å². The predicted octanol–water partition coefficient (Wildman–Crippen LogP) is 1.69. The van der Waals surface area contributed by atoms with Crippen LogP contribution in [0, 0.1) is 6.92 Å². The van der Waals surface area contributed by atoms with Gasteiger partial charge in [0.15, 0.2) is 0 Å². The van der Waals surface area contributed by atoms with E-state index in [1.807, 2.05) is 12.1 Å². The van der Waals surface area contributed by atoms with Crippen LogP contribution in [0.5, 0.6) is 0 Å². The lowest BCUT2D eigenvalue weighted by Crippen LogP contribution is -2.19. The molecule has 1 aromatic rings. The molecule has 5 nitrogen and oxygen atoms in total. The van der Waals surface area contributed by atoms with E-state index in [4.69, 9.17) is 24.7 Å². The minimum absolute atomic E-state index is 0.0945. The van der Waals surface area contributed by atoms with Crippen molar-refractivity contribution in [2.45, 2.75) is 13.0 Å². The summed E-state index contributed by atoms with van der Waals surface area (Å²) in [7, 11) is 1.65. The number of hydrogen-bond donors (Lipinski definition) is 1. The second-order valence-corrected chi connectivity index (χ2v) is 4.81. The normalized spacial score (nSPS) is 12.5. The van der Waals surface area contributed by atoms with Gasteiger partial charge in [0.1, 0.15) is 0 Å². The van der Waals surface area contributed by atoms with E-state index in [2.05, 4.69) is 19.1 Å². The molecular formula is C16H27NO4. The number of ether oxygens (including phenoxy) is 4. The highest BCUT2D eigenvalue weighted by Gasteiger charge is 2.05. The van der Waals surface area contributed by atoms with Gasteiger partial charge in [-0.15, -0.1) is 0 Å². The molecule has 1 rings (SSSR count). The molecular weight excluding hydrogens is 270 g/mol. The molecule has 0 aliphatic carbocycles. The Morgan fingerprint density at radius 2 is 1.38 bits per heavy atom. The third kappa shape index (κ3) is 8.80. The maximum Gasteiger partial charge on any atom is 0.0701 e. The summed E-state index contributed by atoms with van der Waals surface area (Å²) in [5, 5.41) is 0. The van der Waals surface area contributed by atoms with E-state index < -0.39 is 0 Å². The van der Waals surface area contributed by atoms with Crippen molar-refractivity contribution in [2.75, 3.05) is 53.4 Å². The minimum Gasteiger partial charge on any atom is -0.382 e. The van der Waals surface area contributed by atoms with Gasteiger partial charge in [-0.1, -0.05) is 29.8 Å². The Morgan fingerprint density at radius 1 is 0.857 bits per heavy atom. The van der Waals surface area contributed by atoms with Gasteiger partial charge in [-0.25, -0.2) is 0 Å². The third-order valence-electron chi connectivity index (χ3n) is 2.98. The van der Waals surface area contributed by atoms with Crippen LogP contribution in [0.15, 0.2) is 24.3 Å². The lowest BCUT2D eigenvalue weighted by atomic mass is 10.1. The Balaban J connectivity index is 1.95. The quantitative estimate of drug-likeness (QED) is 0.595. The smallest absolute Gasteiger partial charge is 0.0701 e. The zero-order chi connectivity index (χ0) is 15.3. The summed E-state index contributed by atoms with van der Waals surface area (Å²) >= 11 is 0. The van der Waals surface area contributed by atoms with Gasteiger partial charge in [-0.05, 0) is 12.5 Å². The lowest BCUT2D eigenvalue weighted by molar-refractivity contribution is 0.00194. The summed E-state index contributed by atoms with van der Waals surface area (Å²) < 4.78 is 21.0. The van der Waals surface area contributed by atoms with Crippen LogP contribution in [0.25, 0.3) is 0 Å². The first kappa shape index (κ1) is 18.1. The van der Waals surface area contributed by atoms with E-state index in [0.29, 0.717) is 46.2 Å². The van der Waals surface area contributed by atoms with Gasteiger partial charge in [0.05, 0.1) is 52.3 Å². The van der Waals surface area contributed by atoms with Crippen molar-refractivity contribution in [3.8, 4) is 0 Å². The molecule has 2 N–H and O–H groups in total. The molecule has 1 aromatic carbocycles. The van der Waals surface area contributed by atoms with Gasteiger partial charge in [0.25, 0.3) is 0 Å². The highest BCUT2D eigenvalue weighted by molar-refractivity contribution is 5.23. The van der Waals surface area contributed by atoms with Crippen molar-refractivity contribution in [1.82, 2.24) is 0 Å². The maximum absolute atomic E-state index is 6.06. The van der Waals surface area contributed by atoms with Crippen LogP contribution in [0.4, 0.5) is 0 Å². The van der Waals surface area contributed by atoms with Crippen molar-refractivity contribution in [1.29, 1.82) is 0 Å². The van der Waals surface area contributed by atoms with Crippen LogP contribution in [0.2, 0.25) is 0 Å². The van der Waals surface area contributed by atoms with Gasteiger partial charge in [0, 0.05) is 7.11 Å². The molecule has 0 saturated carbocycles. The zero-order valence-corrected chi connectivity index (χ0v) is 13.0. The van der Waals surface area contributed by atoms with Crippen LogP contribution in [-0.2, 0) is 18.9 Å². The van der Waals surface area contributed by atoms with Gasteiger partial charge in [-0.2, -0.15) is 0 Å². The van der Waals surface area contributed by atoms with Crippen molar-refractivity contribution < 1.29 is 18.9 Å². The number of hydrogen-bond acceptors (Lipinski definition) is 5. The molecule has 0 aromatic heterocycles.